The molecule has 2 aliphatic rings. The van der Waals surface area contributed by atoms with E-state index in [-0.39, 0.29) is 35.0 Å². The lowest BCUT2D eigenvalue weighted by Crippen LogP contribution is -2.53. The maximum Gasteiger partial charge on any atom is 0.175 e. The Morgan fingerprint density at radius 2 is 0.903 bits per heavy atom. The molecule has 0 aromatic heterocycles. The smallest absolute Gasteiger partial charge is 0.175 e. The van der Waals surface area contributed by atoms with E-state index in [1.54, 1.807) is 27.7 Å². The van der Waals surface area contributed by atoms with Crippen molar-refractivity contribution in [3.8, 4) is 0 Å². The van der Waals surface area contributed by atoms with Gasteiger partial charge in [-0.2, -0.15) is 0 Å². The van der Waals surface area contributed by atoms with Gasteiger partial charge in [-0.3, -0.25) is 19.2 Å². The summed E-state index contributed by atoms with van der Waals surface area (Å²) in [6.45, 7) is 16.1. The summed E-state index contributed by atoms with van der Waals surface area (Å²) < 4.78 is 0. The van der Waals surface area contributed by atoms with Gasteiger partial charge in [-0.05, 0) is 67.7 Å². The first-order valence-electron chi connectivity index (χ1n) is 10.8. The lowest BCUT2D eigenvalue weighted by molar-refractivity contribution is -0.145. The van der Waals surface area contributed by atoms with Crippen molar-refractivity contribution in [1.29, 1.82) is 0 Å². The average molecular weight is 433 g/mol. The number of carbonyl (C=O) groups excluding carboxylic acids is 4. The monoisotopic (exact) mass is 432 g/mol. The number of carbonyl (C=O) groups is 4. The van der Waals surface area contributed by atoms with Gasteiger partial charge in [0.15, 0.2) is 23.1 Å². The van der Waals surface area contributed by atoms with Crippen LogP contribution in [0.25, 0.3) is 0 Å². The number of rotatable bonds is 4. The van der Waals surface area contributed by atoms with Gasteiger partial charge in [-0.15, -0.1) is 0 Å². The standard InChI is InChI=1S/C25H36O6/c1-12(2)11-13(14-16(26)22(3,4)20(30)23(5,6)17(14)27)15-18(28)24(7,8)21(31)25(9,10)19(15)29/h12-13,26,28H,11H2,1-10H3. The van der Waals surface area contributed by atoms with Crippen molar-refractivity contribution in [3.63, 3.8) is 0 Å². The molecule has 0 amide bonds. The van der Waals surface area contributed by atoms with E-state index < -0.39 is 50.7 Å². The summed E-state index contributed by atoms with van der Waals surface area (Å²) in [6.07, 6.45) is 0.289. The number of Topliss-reactive ketones (excluding diaryl/α,β-unsaturated/α-hetero) is 4. The molecule has 0 atom stereocenters. The van der Waals surface area contributed by atoms with E-state index in [0.717, 1.165) is 0 Å². The maximum absolute atomic E-state index is 13.5. The first-order valence-corrected chi connectivity index (χ1v) is 10.8. The van der Waals surface area contributed by atoms with Gasteiger partial charge in [0, 0.05) is 17.1 Å². The molecule has 2 rings (SSSR count). The third kappa shape index (κ3) is 3.39. The lowest BCUT2D eigenvalue weighted by atomic mass is 9.57. The topological polar surface area (TPSA) is 109 Å². The second kappa shape index (κ2) is 7.14. The van der Waals surface area contributed by atoms with Crippen molar-refractivity contribution in [1.82, 2.24) is 0 Å². The minimum Gasteiger partial charge on any atom is -0.511 e. The fourth-order valence-electron chi connectivity index (χ4n) is 5.04. The van der Waals surface area contributed by atoms with E-state index in [1.165, 1.54) is 27.7 Å². The Labute approximate surface area is 184 Å². The van der Waals surface area contributed by atoms with E-state index in [9.17, 15) is 29.4 Å². The van der Waals surface area contributed by atoms with Crippen LogP contribution in [-0.2, 0) is 19.2 Å². The molecule has 0 unspecified atom stereocenters. The summed E-state index contributed by atoms with van der Waals surface area (Å²) in [6, 6.07) is 0. The van der Waals surface area contributed by atoms with Crippen molar-refractivity contribution in [3.05, 3.63) is 22.7 Å². The quantitative estimate of drug-likeness (QED) is 0.624. The van der Waals surface area contributed by atoms with Crippen LogP contribution in [0.3, 0.4) is 0 Å². The summed E-state index contributed by atoms with van der Waals surface area (Å²) in [5.41, 5.74) is -5.46. The first-order chi connectivity index (χ1) is 13.7. The van der Waals surface area contributed by atoms with Crippen LogP contribution in [0.15, 0.2) is 22.7 Å². The number of ketones is 4. The molecule has 6 heteroatoms. The maximum atomic E-state index is 13.5. The molecule has 172 valence electrons. The van der Waals surface area contributed by atoms with Crippen LogP contribution >= 0.6 is 0 Å². The molecule has 0 fully saturated rings. The highest BCUT2D eigenvalue weighted by Gasteiger charge is 2.58. The number of aliphatic hydroxyl groups is 2. The Kier molecular flexibility index (Phi) is 5.76. The van der Waals surface area contributed by atoms with Crippen molar-refractivity contribution in [2.45, 2.75) is 75.7 Å². The third-order valence-corrected chi connectivity index (χ3v) is 6.99. The first kappa shape index (κ1) is 25.0. The molecule has 0 bridgehead atoms. The van der Waals surface area contributed by atoms with Crippen LogP contribution in [0.1, 0.15) is 75.7 Å². The molecule has 2 N–H and O–H groups in total. The zero-order valence-electron chi connectivity index (χ0n) is 20.4. The van der Waals surface area contributed by atoms with Gasteiger partial charge in [-0.25, -0.2) is 0 Å². The van der Waals surface area contributed by atoms with Gasteiger partial charge < -0.3 is 10.2 Å². The fraction of sp³-hybridized carbons (Fsp3) is 0.680. The van der Waals surface area contributed by atoms with E-state index >= 15 is 0 Å². The molecule has 0 aliphatic heterocycles. The summed E-state index contributed by atoms with van der Waals surface area (Å²) in [4.78, 5) is 52.9. The van der Waals surface area contributed by atoms with Crippen molar-refractivity contribution < 1.29 is 29.4 Å². The second-order valence-corrected chi connectivity index (χ2v) is 11.5. The molecular formula is C25H36O6. The molecule has 0 saturated heterocycles. The Balaban J connectivity index is 2.95. The van der Waals surface area contributed by atoms with Crippen molar-refractivity contribution >= 4 is 23.1 Å². The summed E-state index contributed by atoms with van der Waals surface area (Å²) in [5.74, 6) is -3.59. The highest BCUT2D eigenvalue weighted by Crippen LogP contribution is 2.51. The number of aliphatic hydroxyl groups excluding tert-OH is 2. The highest BCUT2D eigenvalue weighted by molar-refractivity contribution is 6.22. The molecule has 0 aromatic carbocycles. The second-order valence-electron chi connectivity index (χ2n) is 11.5. The van der Waals surface area contributed by atoms with Crippen LogP contribution in [0.5, 0.6) is 0 Å². The molecule has 2 aliphatic carbocycles. The average Bonchev–Trinajstić information content (AvgIpc) is 2.63. The van der Waals surface area contributed by atoms with Crippen LogP contribution in [0, 0.1) is 33.5 Å². The lowest BCUT2D eigenvalue weighted by Gasteiger charge is -2.44. The number of hydrogen-bond donors (Lipinski definition) is 2. The normalized spacial score (nSPS) is 25.2. The van der Waals surface area contributed by atoms with E-state index in [4.69, 9.17) is 0 Å². The predicted octanol–water partition coefficient (Wildman–Crippen LogP) is 4.68. The minimum absolute atomic E-state index is 0.00101. The summed E-state index contributed by atoms with van der Waals surface area (Å²) in [7, 11) is 0. The molecular weight excluding hydrogens is 396 g/mol. The minimum atomic E-state index is -1.39. The van der Waals surface area contributed by atoms with Gasteiger partial charge in [-0.1, -0.05) is 13.8 Å². The van der Waals surface area contributed by atoms with Crippen molar-refractivity contribution in [2.75, 3.05) is 0 Å². The van der Waals surface area contributed by atoms with Crippen molar-refractivity contribution in [2.24, 2.45) is 33.5 Å². The molecule has 0 spiro atoms. The summed E-state index contributed by atoms with van der Waals surface area (Å²) in [5, 5.41) is 22.2. The molecule has 31 heavy (non-hydrogen) atoms. The van der Waals surface area contributed by atoms with Gasteiger partial charge in [0.1, 0.15) is 11.5 Å². The van der Waals surface area contributed by atoms with E-state index in [1.807, 2.05) is 13.8 Å². The van der Waals surface area contributed by atoms with Crippen LogP contribution in [0.2, 0.25) is 0 Å². The molecule has 0 radical (unpaired) electrons. The largest absolute Gasteiger partial charge is 0.511 e. The number of allylic oxidation sites excluding steroid dienone is 4. The Morgan fingerprint density at radius 1 is 0.613 bits per heavy atom. The third-order valence-electron chi connectivity index (χ3n) is 6.99. The van der Waals surface area contributed by atoms with E-state index in [0.29, 0.717) is 0 Å². The Morgan fingerprint density at radius 3 is 1.16 bits per heavy atom. The summed E-state index contributed by atoms with van der Waals surface area (Å²) >= 11 is 0. The van der Waals surface area contributed by atoms with Gasteiger partial charge in [0.05, 0.1) is 21.7 Å². The van der Waals surface area contributed by atoms with Crippen LogP contribution < -0.4 is 0 Å². The van der Waals surface area contributed by atoms with E-state index in [2.05, 4.69) is 0 Å². The SMILES string of the molecule is CC(C)CC(C1=C(O)C(C)(C)C(=O)C(C)(C)C1=O)C1=C(O)C(C)(C)C(=O)C(C)(C)C1=O. The van der Waals surface area contributed by atoms with Crippen LogP contribution in [0.4, 0.5) is 0 Å². The zero-order valence-corrected chi connectivity index (χ0v) is 20.4. The Bertz CT molecular complexity index is 865. The van der Waals surface area contributed by atoms with Crippen LogP contribution in [-0.4, -0.2) is 33.3 Å². The molecule has 0 aromatic rings. The molecule has 6 nitrogen and oxygen atoms in total. The van der Waals surface area contributed by atoms with Gasteiger partial charge in [0.2, 0.25) is 0 Å². The Hall–Kier alpha value is -2.24. The highest BCUT2D eigenvalue weighted by atomic mass is 16.3. The van der Waals surface area contributed by atoms with Gasteiger partial charge >= 0.3 is 0 Å². The van der Waals surface area contributed by atoms with Gasteiger partial charge in [0.25, 0.3) is 0 Å². The molecule has 0 heterocycles. The fourth-order valence-corrected chi connectivity index (χ4v) is 5.04. The zero-order chi connectivity index (χ0) is 24.5. The molecule has 0 saturated carbocycles. The number of hydrogen-bond acceptors (Lipinski definition) is 6. The predicted molar refractivity (Wildman–Crippen MR) is 117 cm³/mol.